The average molecular weight is 230 g/mol. The number of imidazole rings is 1. The van der Waals surface area contributed by atoms with E-state index in [4.69, 9.17) is 0 Å². The normalized spacial score (nSPS) is 10.2. The maximum absolute atomic E-state index is 11.0. The van der Waals surface area contributed by atoms with Gasteiger partial charge in [-0.25, -0.2) is 4.98 Å². The van der Waals surface area contributed by atoms with Gasteiger partial charge < -0.3 is 10.3 Å². The number of pyridine rings is 1. The third kappa shape index (κ3) is 3.14. The first-order valence-electron chi connectivity index (χ1n) is 5.44. The van der Waals surface area contributed by atoms with Crippen molar-refractivity contribution in [2.75, 3.05) is 11.9 Å². The van der Waals surface area contributed by atoms with Crippen molar-refractivity contribution in [1.82, 2.24) is 15.0 Å². The Morgan fingerprint density at radius 3 is 2.82 bits per heavy atom. The Kier molecular flexibility index (Phi) is 3.49. The first-order valence-corrected chi connectivity index (χ1v) is 5.44. The summed E-state index contributed by atoms with van der Waals surface area (Å²) in [5.41, 5.74) is 1.74. The molecule has 2 aromatic heterocycles. The second-order valence-electron chi connectivity index (χ2n) is 3.73. The van der Waals surface area contributed by atoms with Gasteiger partial charge in [0, 0.05) is 25.9 Å². The minimum atomic E-state index is -0.0142. The third-order valence-electron chi connectivity index (χ3n) is 2.41. The zero-order valence-corrected chi connectivity index (χ0v) is 9.60. The van der Waals surface area contributed by atoms with E-state index in [0.29, 0.717) is 11.6 Å². The predicted octanol–water partition coefficient (Wildman–Crippen LogP) is 1.66. The Bertz CT molecular complexity index is 492. The summed E-state index contributed by atoms with van der Waals surface area (Å²) in [6.07, 6.45) is 5.97. The number of nitrogens with zero attached hydrogens (tertiary/aromatic N) is 2. The molecule has 2 heterocycles. The summed E-state index contributed by atoms with van der Waals surface area (Å²) in [6, 6.07) is 3.95. The van der Waals surface area contributed by atoms with Crippen LogP contribution in [-0.2, 0) is 6.42 Å². The van der Waals surface area contributed by atoms with Crippen LogP contribution in [0, 0.1) is 0 Å². The molecule has 0 aliphatic rings. The molecule has 0 fully saturated rings. The monoisotopic (exact) mass is 230 g/mol. The summed E-state index contributed by atoms with van der Waals surface area (Å²) in [4.78, 5) is 22.0. The summed E-state index contributed by atoms with van der Waals surface area (Å²) in [6.45, 7) is 2.27. The van der Waals surface area contributed by atoms with Crippen LogP contribution in [0.25, 0.3) is 0 Å². The SMILES string of the molecule is CC(=O)c1cnc(NCCc2ccncc2)[nH]1. The lowest BCUT2D eigenvalue weighted by Crippen LogP contribution is -2.06. The number of carbonyl (C=O) groups is 1. The van der Waals surface area contributed by atoms with Crippen LogP contribution in [0.1, 0.15) is 23.0 Å². The summed E-state index contributed by atoms with van der Waals surface area (Å²) in [5, 5.41) is 3.13. The second kappa shape index (κ2) is 5.25. The molecule has 2 rings (SSSR count). The van der Waals surface area contributed by atoms with Crippen molar-refractivity contribution in [2.45, 2.75) is 13.3 Å². The fraction of sp³-hybridized carbons (Fsp3) is 0.250. The van der Waals surface area contributed by atoms with Gasteiger partial charge in [-0.05, 0) is 24.1 Å². The Morgan fingerprint density at radius 2 is 2.18 bits per heavy atom. The van der Waals surface area contributed by atoms with Crippen molar-refractivity contribution in [3.05, 3.63) is 42.0 Å². The Morgan fingerprint density at radius 1 is 1.41 bits per heavy atom. The van der Waals surface area contributed by atoms with E-state index in [1.54, 1.807) is 12.4 Å². The van der Waals surface area contributed by atoms with Gasteiger partial charge in [0.25, 0.3) is 0 Å². The maximum atomic E-state index is 11.0. The van der Waals surface area contributed by atoms with E-state index in [-0.39, 0.29) is 5.78 Å². The Labute approximate surface area is 99.3 Å². The molecule has 0 unspecified atom stereocenters. The second-order valence-corrected chi connectivity index (χ2v) is 3.73. The van der Waals surface area contributed by atoms with Crippen LogP contribution in [0.15, 0.2) is 30.7 Å². The van der Waals surface area contributed by atoms with Gasteiger partial charge in [0.1, 0.15) is 5.69 Å². The van der Waals surface area contributed by atoms with E-state index in [9.17, 15) is 4.79 Å². The van der Waals surface area contributed by atoms with Crippen molar-refractivity contribution in [3.63, 3.8) is 0 Å². The minimum Gasteiger partial charge on any atom is -0.355 e. The average Bonchev–Trinajstić information content (AvgIpc) is 2.79. The molecule has 0 spiro atoms. The molecule has 17 heavy (non-hydrogen) atoms. The highest BCUT2D eigenvalue weighted by molar-refractivity contribution is 5.92. The van der Waals surface area contributed by atoms with Crippen LogP contribution >= 0.6 is 0 Å². The molecule has 2 N–H and O–H groups in total. The summed E-state index contributed by atoms with van der Waals surface area (Å²) in [5.74, 6) is 0.615. The van der Waals surface area contributed by atoms with Gasteiger partial charge in [-0.15, -0.1) is 0 Å². The number of carbonyl (C=O) groups excluding carboxylic acids is 1. The molecule has 2 aromatic rings. The van der Waals surface area contributed by atoms with Crippen LogP contribution in [-0.4, -0.2) is 27.3 Å². The number of anilines is 1. The number of ketones is 1. The summed E-state index contributed by atoms with van der Waals surface area (Å²) >= 11 is 0. The van der Waals surface area contributed by atoms with Gasteiger partial charge in [-0.2, -0.15) is 0 Å². The van der Waals surface area contributed by atoms with Crippen molar-refractivity contribution < 1.29 is 4.79 Å². The molecular weight excluding hydrogens is 216 g/mol. The van der Waals surface area contributed by atoms with E-state index in [2.05, 4.69) is 20.3 Å². The molecule has 0 aliphatic carbocycles. The smallest absolute Gasteiger partial charge is 0.200 e. The number of aromatic amines is 1. The van der Waals surface area contributed by atoms with Crippen molar-refractivity contribution in [2.24, 2.45) is 0 Å². The quantitative estimate of drug-likeness (QED) is 0.766. The number of hydrogen-bond donors (Lipinski definition) is 2. The number of Topliss-reactive ketones (excluding diaryl/α,β-unsaturated/α-hetero) is 1. The molecule has 0 amide bonds. The van der Waals surface area contributed by atoms with E-state index < -0.39 is 0 Å². The number of H-pyrrole nitrogens is 1. The van der Waals surface area contributed by atoms with Gasteiger partial charge in [0.15, 0.2) is 5.78 Å². The van der Waals surface area contributed by atoms with Gasteiger partial charge >= 0.3 is 0 Å². The zero-order valence-electron chi connectivity index (χ0n) is 9.60. The van der Waals surface area contributed by atoms with E-state index in [1.165, 1.54) is 18.7 Å². The van der Waals surface area contributed by atoms with E-state index in [1.807, 2.05) is 12.1 Å². The van der Waals surface area contributed by atoms with Gasteiger partial charge in [-0.1, -0.05) is 0 Å². The van der Waals surface area contributed by atoms with Crippen LogP contribution in [0.5, 0.6) is 0 Å². The first-order chi connectivity index (χ1) is 8.25. The zero-order chi connectivity index (χ0) is 12.1. The Hall–Kier alpha value is -2.17. The number of rotatable bonds is 5. The van der Waals surface area contributed by atoms with Crippen molar-refractivity contribution in [1.29, 1.82) is 0 Å². The standard InChI is InChI=1S/C12H14N4O/c1-9(17)11-8-15-12(16-11)14-7-4-10-2-5-13-6-3-10/h2-3,5-6,8H,4,7H2,1H3,(H2,14,15,16). The van der Waals surface area contributed by atoms with Crippen LogP contribution in [0.2, 0.25) is 0 Å². The molecule has 0 aromatic carbocycles. The summed E-state index contributed by atoms with van der Waals surface area (Å²) < 4.78 is 0. The van der Waals surface area contributed by atoms with Crippen molar-refractivity contribution >= 4 is 11.7 Å². The Balaban J connectivity index is 1.84. The molecule has 0 atom stereocenters. The number of hydrogen-bond acceptors (Lipinski definition) is 4. The fourth-order valence-corrected chi connectivity index (χ4v) is 1.46. The first kappa shape index (κ1) is 11.3. The van der Waals surface area contributed by atoms with E-state index >= 15 is 0 Å². The lowest BCUT2D eigenvalue weighted by atomic mass is 10.2. The molecule has 5 heteroatoms. The van der Waals surface area contributed by atoms with Gasteiger partial charge in [-0.3, -0.25) is 9.78 Å². The van der Waals surface area contributed by atoms with Crippen molar-refractivity contribution in [3.8, 4) is 0 Å². The highest BCUT2D eigenvalue weighted by Gasteiger charge is 2.03. The van der Waals surface area contributed by atoms with Crippen LogP contribution in [0.4, 0.5) is 5.95 Å². The van der Waals surface area contributed by atoms with Crippen LogP contribution in [0.3, 0.4) is 0 Å². The number of aromatic nitrogens is 3. The molecule has 0 saturated carbocycles. The third-order valence-corrected chi connectivity index (χ3v) is 2.41. The van der Waals surface area contributed by atoms with E-state index in [0.717, 1.165) is 13.0 Å². The molecule has 0 aliphatic heterocycles. The molecule has 0 saturated heterocycles. The number of nitrogens with one attached hydrogen (secondary N) is 2. The molecule has 88 valence electrons. The summed E-state index contributed by atoms with van der Waals surface area (Å²) in [7, 11) is 0. The molecule has 5 nitrogen and oxygen atoms in total. The molecule has 0 radical (unpaired) electrons. The molecular formula is C12H14N4O. The lowest BCUT2D eigenvalue weighted by Gasteiger charge is -2.02. The largest absolute Gasteiger partial charge is 0.355 e. The topological polar surface area (TPSA) is 70.7 Å². The fourth-order valence-electron chi connectivity index (χ4n) is 1.46. The molecule has 0 bridgehead atoms. The predicted molar refractivity (Wildman–Crippen MR) is 65.0 cm³/mol. The minimum absolute atomic E-state index is 0.0142. The maximum Gasteiger partial charge on any atom is 0.200 e. The highest BCUT2D eigenvalue weighted by atomic mass is 16.1. The van der Waals surface area contributed by atoms with Gasteiger partial charge in [0.2, 0.25) is 5.95 Å². The van der Waals surface area contributed by atoms with Crippen LogP contribution < -0.4 is 5.32 Å². The highest BCUT2D eigenvalue weighted by Crippen LogP contribution is 2.03. The van der Waals surface area contributed by atoms with Gasteiger partial charge in [0.05, 0.1) is 6.20 Å². The lowest BCUT2D eigenvalue weighted by molar-refractivity contribution is 0.101.